The first-order valence-corrected chi connectivity index (χ1v) is 10.2. The molecule has 1 aliphatic rings. The summed E-state index contributed by atoms with van der Waals surface area (Å²) in [5, 5.41) is 8.09. The number of hydrogen-bond donors (Lipinski definition) is 2. The van der Waals surface area contributed by atoms with Crippen LogP contribution in [-0.4, -0.2) is 37.1 Å². The van der Waals surface area contributed by atoms with Crippen molar-refractivity contribution in [1.29, 1.82) is 0 Å². The smallest absolute Gasteiger partial charge is 0.257 e. The van der Waals surface area contributed by atoms with Crippen molar-refractivity contribution in [2.24, 2.45) is 0 Å². The SMILES string of the molecule is COc1cc(OC)cc(C(=O)Nc2nc(CC(=O)NC3CCCCC3)cs2)c1. The molecule has 0 radical (unpaired) electrons. The standard InChI is InChI=1S/C20H25N3O4S/c1-26-16-8-13(9-17(11-16)27-2)19(25)23-20-22-15(12-28-20)10-18(24)21-14-6-4-3-5-7-14/h8-9,11-12,14H,3-7,10H2,1-2H3,(H,21,24)(H,22,23,25). The summed E-state index contributed by atoms with van der Waals surface area (Å²) in [4.78, 5) is 29.1. The minimum atomic E-state index is -0.315. The van der Waals surface area contributed by atoms with Crippen LogP contribution in [0.3, 0.4) is 0 Å². The molecule has 150 valence electrons. The number of nitrogens with zero attached hydrogens (tertiary/aromatic N) is 1. The van der Waals surface area contributed by atoms with Crippen molar-refractivity contribution < 1.29 is 19.1 Å². The van der Waals surface area contributed by atoms with Gasteiger partial charge >= 0.3 is 0 Å². The number of anilines is 1. The van der Waals surface area contributed by atoms with Gasteiger partial charge in [-0.25, -0.2) is 4.98 Å². The summed E-state index contributed by atoms with van der Waals surface area (Å²) in [7, 11) is 3.06. The summed E-state index contributed by atoms with van der Waals surface area (Å²) in [6, 6.07) is 5.24. The highest BCUT2D eigenvalue weighted by Crippen LogP contribution is 2.24. The Kier molecular flexibility index (Phi) is 6.86. The van der Waals surface area contributed by atoms with Crippen LogP contribution in [0.1, 0.15) is 48.2 Å². The highest BCUT2D eigenvalue weighted by Gasteiger charge is 2.17. The number of hydrogen-bond acceptors (Lipinski definition) is 6. The van der Waals surface area contributed by atoms with Crippen LogP contribution in [-0.2, 0) is 11.2 Å². The topological polar surface area (TPSA) is 89.6 Å². The van der Waals surface area contributed by atoms with Crippen LogP contribution < -0.4 is 20.1 Å². The number of rotatable bonds is 7. The minimum Gasteiger partial charge on any atom is -0.497 e. The van der Waals surface area contributed by atoms with Crippen molar-refractivity contribution in [3.63, 3.8) is 0 Å². The van der Waals surface area contributed by atoms with Gasteiger partial charge in [-0.3, -0.25) is 14.9 Å². The predicted molar refractivity (Wildman–Crippen MR) is 108 cm³/mol. The van der Waals surface area contributed by atoms with Crippen molar-refractivity contribution in [3.8, 4) is 11.5 Å². The van der Waals surface area contributed by atoms with Crippen LogP contribution in [0.15, 0.2) is 23.6 Å². The second-order valence-electron chi connectivity index (χ2n) is 6.78. The van der Waals surface area contributed by atoms with Gasteiger partial charge in [0, 0.05) is 23.1 Å². The summed E-state index contributed by atoms with van der Waals surface area (Å²) in [6.45, 7) is 0. The Balaban J connectivity index is 1.58. The number of benzene rings is 1. The second kappa shape index (κ2) is 9.54. The molecule has 1 fully saturated rings. The van der Waals surface area contributed by atoms with E-state index in [9.17, 15) is 9.59 Å². The van der Waals surface area contributed by atoms with Crippen molar-refractivity contribution >= 4 is 28.3 Å². The molecule has 0 bridgehead atoms. The quantitative estimate of drug-likeness (QED) is 0.740. The molecule has 1 aromatic carbocycles. The fourth-order valence-corrected chi connectivity index (χ4v) is 3.95. The highest BCUT2D eigenvalue weighted by molar-refractivity contribution is 7.14. The van der Waals surface area contributed by atoms with Gasteiger partial charge in [0.15, 0.2) is 5.13 Å². The lowest BCUT2D eigenvalue weighted by atomic mass is 9.95. The minimum absolute atomic E-state index is 0.0207. The molecule has 1 saturated carbocycles. The fraction of sp³-hybridized carbons (Fsp3) is 0.450. The average molecular weight is 404 g/mol. The van der Waals surface area contributed by atoms with Crippen LogP contribution in [0, 0.1) is 0 Å². The number of methoxy groups -OCH3 is 2. The van der Waals surface area contributed by atoms with Gasteiger partial charge < -0.3 is 14.8 Å². The van der Waals surface area contributed by atoms with Gasteiger partial charge in [-0.15, -0.1) is 11.3 Å². The largest absolute Gasteiger partial charge is 0.497 e. The Morgan fingerprint density at radius 2 is 1.79 bits per heavy atom. The van der Waals surface area contributed by atoms with E-state index < -0.39 is 0 Å². The number of carbonyl (C=O) groups excluding carboxylic acids is 2. The molecule has 2 amide bonds. The number of aromatic nitrogens is 1. The van der Waals surface area contributed by atoms with Gasteiger partial charge in [0.2, 0.25) is 5.91 Å². The molecular weight excluding hydrogens is 378 g/mol. The molecule has 0 saturated heterocycles. The number of nitrogens with one attached hydrogen (secondary N) is 2. The lowest BCUT2D eigenvalue weighted by Gasteiger charge is -2.22. The Morgan fingerprint density at radius 1 is 1.11 bits per heavy atom. The molecule has 0 aliphatic heterocycles. The van der Waals surface area contributed by atoms with Crippen LogP contribution in [0.25, 0.3) is 0 Å². The zero-order valence-electron chi connectivity index (χ0n) is 16.1. The van der Waals surface area contributed by atoms with Crippen molar-refractivity contribution in [1.82, 2.24) is 10.3 Å². The Bertz CT molecular complexity index is 808. The molecule has 7 nitrogen and oxygen atoms in total. The molecule has 0 atom stereocenters. The van der Waals surface area contributed by atoms with E-state index in [1.54, 1.807) is 23.6 Å². The monoisotopic (exact) mass is 403 g/mol. The van der Waals surface area contributed by atoms with E-state index in [0.717, 1.165) is 12.8 Å². The van der Waals surface area contributed by atoms with Gasteiger partial charge in [-0.05, 0) is 25.0 Å². The number of thiazole rings is 1. The molecule has 3 rings (SSSR count). The second-order valence-corrected chi connectivity index (χ2v) is 7.64. The first kappa shape index (κ1) is 20.1. The van der Waals surface area contributed by atoms with Crippen LogP contribution in [0.5, 0.6) is 11.5 Å². The maximum absolute atomic E-state index is 12.5. The molecule has 1 aromatic heterocycles. The zero-order chi connectivity index (χ0) is 19.9. The first-order valence-electron chi connectivity index (χ1n) is 9.35. The van der Waals surface area contributed by atoms with E-state index >= 15 is 0 Å². The van der Waals surface area contributed by atoms with E-state index in [1.165, 1.54) is 44.8 Å². The third-order valence-electron chi connectivity index (χ3n) is 4.70. The number of carbonyl (C=O) groups is 2. The molecule has 8 heteroatoms. The van der Waals surface area contributed by atoms with Crippen molar-refractivity contribution in [2.75, 3.05) is 19.5 Å². The molecule has 0 spiro atoms. The molecule has 2 aromatic rings. The van der Waals surface area contributed by atoms with Crippen LogP contribution >= 0.6 is 11.3 Å². The third-order valence-corrected chi connectivity index (χ3v) is 5.50. The van der Waals surface area contributed by atoms with E-state index in [1.807, 2.05) is 0 Å². The van der Waals surface area contributed by atoms with Crippen molar-refractivity contribution in [3.05, 3.63) is 34.8 Å². The van der Waals surface area contributed by atoms with Gasteiger partial charge in [-0.2, -0.15) is 0 Å². The van der Waals surface area contributed by atoms with E-state index in [0.29, 0.717) is 27.9 Å². The Morgan fingerprint density at radius 3 is 2.43 bits per heavy atom. The van der Waals surface area contributed by atoms with E-state index in [4.69, 9.17) is 9.47 Å². The van der Waals surface area contributed by atoms with Gasteiger partial charge in [0.05, 0.1) is 26.3 Å². The molecule has 1 aliphatic carbocycles. The zero-order valence-corrected chi connectivity index (χ0v) is 16.9. The lowest BCUT2D eigenvalue weighted by molar-refractivity contribution is -0.121. The fourth-order valence-electron chi connectivity index (χ4n) is 3.24. The number of ether oxygens (including phenoxy) is 2. The Hall–Kier alpha value is -2.61. The summed E-state index contributed by atoms with van der Waals surface area (Å²) < 4.78 is 10.4. The maximum Gasteiger partial charge on any atom is 0.257 e. The highest BCUT2D eigenvalue weighted by atomic mass is 32.1. The van der Waals surface area contributed by atoms with E-state index in [2.05, 4.69) is 15.6 Å². The third kappa shape index (κ3) is 5.45. The summed E-state index contributed by atoms with van der Waals surface area (Å²) in [5.41, 5.74) is 1.06. The molecular formula is C20H25N3O4S. The first-order chi connectivity index (χ1) is 13.6. The maximum atomic E-state index is 12.5. The lowest BCUT2D eigenvalue weighted by Crippen LogP contribution is -2.37. The van der Waals surface area contributed by atoms with Gasteiger partial charge in [0.1, 0.15) is 11.5 Å². The summed E-state index contributed by atoms with van der Waals surface area (Å²) in [6.07, 6.45) is 5.92. The molecule has 0 unspecified atom stereocenters. The molecule has 28 heavy (non-hydrogen) atoms. The molecule has 2 N–H and O–H groups in total. The average Bonchev–Trinajstić information content (AvgIpc) is 3.14. The Labute approximate surface area is 168 Å². The van der Waals surface area contributed by atoms with Gasteiger partial charge in [0.25, 0.3) is 5.91 Å². The predicted octanol–water partition coefficient (Wildman–Crippen LogP) is 3.40. The summed E-state index contributed by atoms with van der Waals surface area (Å²) in [5.74, 6) is 0.727. The van der Waals surface area contributed by atoms with Crippen LogP contribution in [0.2, 0.25) is 0 Å². The van der Waals surface area contributed by atoms with Gasteiger partial charge in [-0.1, -0.05) is 19.3 Å². The van der Waals surface area contributed by atoms with Crippen LogP contribution in [0.4, 0.5) is 5.13 Å². The van der Waals surface area contributed by atoms with E-state index in [-0.39, 0.29) is 24.3 Å². The summed E-state index contributed by atoms with van der Waals surface area (Å²) >= 11 is 1.29. The van der Waals surface area contributed by atoms with Crippen molar-refractivity contribution in [2.45, 2.75) is 44.6 Å². The number of amides is 2. The molecule has 1 heterocycles. The normalized spacial score (nSPS) is 14.4.